The zero-order chi connectivity index (χ0) is 16.8. The average molecular weight is 419 g/mol. The van der Waals surface area contributed by atoms with Crippen molar-refractivity contribution >= 4 is 50.1 Å². The SMILES string of the molecule is O=C(CSc1ccccc1)Nc1ncc(Cc2ccc(Br)cc2)s1. The number of anilines is 1. The van der Waals surface area contributed by atoms with Crippen molar-refractivity contribution in [2.45, 2.75) is 11.3 Å². The van der Waals surface area contributed by atoms with Crippen LogP contribution in [0.4, 0.5) is 5.13 Å². The second-order valence-electron chi connectivity index (χ2n) is 5.08. The van der Waals surface area contributed by atoms with Gasteiger partial charge < -0.3 is 5.32 Å². The van der Waals surface area contributed by atoms with E-state index in [0.717, 1.165) is 20.7 Å². The van der Waals surface area contributed by atoms with E-state index in [4.69, 9.17) is 0 Å². The molecule has 0 aliphatic heterocycles. The lowest BCUT2D eigenvalue weighted by molar-refractivity contribution is -0.113. The summed E-state index contributed by atoms with van der Waals surface area (Å²) in [5.41, 5.74) is 1.22. The van der Waals surface area contributed by atoms with Crippen molar-refractivity contribution in [3.8, 4) is 0 Å². The van der Waals surface area contributed by atoms with Crippen molar-refractivity contribution in [2.24, 2.45) is 0 Å². The maximum atomic E-state index is 12.0. The van der Waals surface area contributed by atoms with Gasteiger partial charge in [-0.1, -0.05) is 46.3 Å². The van der Waals surface area contributed by atoms with Crippen molar-refractivity contribution in [1.82, 2.24) is 4.98 Å². The number of halogens is 1. The number of rotatable bonds is 6. The minimum Gasteiger partial charge on any atom is -0.301 e. The van der Waals surface area contributed by atoms with Gasteiger partial charge in [0.15, 0.2) is 5.13 Å². The summed E-state index contributed by atoms with van der Waals surface area (Å²) < 4.78 is 1.07. The Labute approximate surface area is 157 Å². The Hall–Kier alpha value is -1.63. The normalized spacial score (nSPS) is 10.5. The fraction of sp³-hybridized carbons (Fsp3) is 0.111. The van der Waals surface area contributed by atoms with Crippen LogP contribution in [0.2, 0.25) is 0 Å². The van der Waals surface area contributed by atoms with Crippen molar-refractivity contribution in [3.05, 3.63) is 75.7 Å². The summed E-state index contributed by atoms with van der Waals surface area (Å²) in [7, 11) is 0. The van der Waals surface area contributed by atoms with Crippen LogP contribution in [0.25, 0.3) is 0 Å². The van der Waals surface area contributed by atoms with E-state index in [9.17, 15) is 4.79 Å². The van der Waals surface area contributed by atoms with Crippen molar-refractivity contribution < 1.29 is 4.79 Å². The van der Waals surface area contributed by atoms with Crippen LogP contribution in [0.3, 0.4) is 0 Å². The highest BCUT2D eigenvalue weighted by Crippen LogP contribution is 2.23. The van der Waals surface area contributed by atoms with E-state index in [0.29, 0.717) is 10.9 Å². The number of hydrogen-bond acceptors (Lipinski definition) is 4. The van der Waals surface area contributed by atoms with Crippen LogP contribution in [-0.4, -0.2) is 16.6 Å². The summed E-state index contributed by atoms with van der Waals surface area (Å²) in [4.78, 5) is 18.5. The highest BCUT2D eigenvalue weighted by atomic mass is 79.9. The highest BCUT2D eigenvalue weighted by Gasteiger charge is 2.08. The molecule has 0 aliphatic carbocycles. The number of thiazole rings is 1. The van der Waals surface area contributed by atoms with E-state index in [1.54, 1.807) is 0 Å². The molecule has 1 N–H and O–H groups in total. The first-order chi connectivity index (χ1) is 11.7. The van der Waals surface area contributed by atoms with Crippen molar-refractivity contribution in [3.63, 3.8) is 0 Å². The molecule has 0 bridgehead atoms. The van der Waals surface area contributed by atoms with Gasteiger partial charge in [0.05, 0.1) is 5.75 Å². The zero-order valence-corrected chi connectivity index (χ0v) is 16.0. The molecule has 0 atom stereocenters. The molecule has 0 saturated heterocycles. The smallest absolute Gasteiger partial charge is 0.236 e. The topological polar surface area (TPSA) is 42.0 Å². The standard InChI is InChI=1S/C18H15BrN2OS2/c19-14-8-6-13(7-9-14)10-16-11-20-18(24-16)21-17(22)12-23-15-4-2-1-3-5-15/h1-9,11H,10,12H2,(H,20,21,22). The Morgan fingerprint density at radius 2 is 1.88 bits per heavy atom. The minimum atomic E-state index is -0.0339. The molecule has 0 fully saturated rings. The second kappa shape index (κ2) is 8.46. The lowest BCUT2D eigenvalue weighted by Gasteiger charge is -2.02. The van der Waals surface area contributed by atoms with Crippen LogP contribution in [-0.2, 0) is 11.2 Å². The van der Waals surface area contributed by atoms with Gasteiger partial charge in [-0.2, -0.15) is 0 Å². The number of nitrogens with zero attached hydrogens (tertiary/aromatic N) is 1. The quantitative estimate of drug-likeness (QED) is 0.557. The maximum absolute atomic E-state index is 12.0. The monoisotopic (exact) mass is 418 g/mol. The highest BCUT2D eigenvalue weighted by molar-refractivity contribution is 9.10. The Balaban J connectivity index is 1.51. The van der Waals surface area contributed by atoms with Gasteiger partial charge in [-0.25, -0.2) is 4.98 Å². The number of benzene rings is 2. The molecule has 0 saturated carbocycles. The van der Waals surface area contributed by atoms with Gasteiger partial charge in [-0.05, 0) is 29.8 Å². The molecule has 2 aromatic carbocycles. The van der Waals surface area contributed by atoms with E-state index in [-0.39, 0.29) is 5.91 Å². The fourth-order valence-electron chi connectivity index (χ4n) is 2.07. The summed E-state index contributed by atoms with van der Waals surface area (Å²) in [5, 5.41) is 3.52. The molecule has 3 nitrogen and oxygen atoms in total. The van der Waals surface area contributed by atoms with Gasteiger partial charge in [0.2, 0.25) is 5.91 Å². The van der Waals surface area contributed by atoms with Gasteiger partial charge >= 0.3 is 0 Å². The lowest BCUT2D eigenvalue weighted by Crippen LogP contribution is -2.13. The predicted molar refractivity (Wildman–Crippen MR) is 105 cm³/mol. The van der Waals surface area contributed by atoms with E-state index in [1.165, 1.54) is 28.7 Å². The fourth-order valence-corrected chi connectivity index (χ4v) is 3.92. The van der Waals surface area contributed by atoms with Crippen LogP contribution in [0, 0.1) is 0 Å². The summed E-state index contributed by atoms with van der Waals surface area (Å²) in [5.74, 6) is 0.347. The van der Waals surface area contributed by atoms with Crippen LogP contribution in [0.1, 0.15) is 10.4 Å². The number of hydrogen-bond donors (Lipinski definition) is 1. The molecule has 0 radical (unpaired) electrons. The molecular formula is C18H15BrN2OS2. The molecule has 6 heteroatoms. The van der Waals surface area contributed by atoms with E-state index >= 15 is 0 Å². The van der Waals surface area contributed by atoms with Gasteiger partial charge in [0, 0.05) is 26.9 Å². The molecule has 1 aromatic heterocycles. The minimum absolute atomic E-state index is 0.0339. The van der Waals surface area contributed by atoms with Gasteiger partial charge in [-0.3, -0.25) is 4.79 Å². The second-order valence-corrected chi connectivity index (χ2v) is 8.16. The summed E-state index contributed by atoms with van der Waals surface area (Å²) in [6.45, 7) is 0. The van der Waals surface area contributed by atoms with Crippen molar-refractivity contribution in [1.29, 1.82) is 0 Å². The lowest BCUT2D eigenvalue weighted by atomic mass is 10.1. The third-order valence-corrected chi connectivity index (χ3v) is 5.66. The zero-order valence-electron chi connectivity index (χ0n) is 12.7. The molecule has 1 amide bonds. The molecule has 0 spiro atoms. The first-order valence-corrected chi connectivity index (χ1v) is 9.95. The van der Waals surface area contributed by atoms with Crippen molar-refractivity contribution in [2.75, 3.05) is 11.1 Å². The van der Waals surface area contributed by atoms with Crippen LogP contribution in [0.15, 0.2) is 70.2 Å². The molecule has 24 heavy (non-hydrogen) atoms. The average Bonchev–Trinajstić information content (AvgIpc) is 3.03. The van der Waals surface area contributed by atoms with Gasteiger partial charge in [0.1, 0.15) is 0 Å². The van der Waals surface area contributed by atoms with Crippen LogP contribution >= 0.6 is 39.0 Å². The first-order valence-electron chi connectivity index (χ1n) is 7.36. The number of carbonyl (C=O) groups is 1. The predicted octanol–water partition coefficient (Wildman–Crippen LogP) is 5.23. The number of amides is 1. The Morgan fingerprint density at radius 3 is 2.62 bits per heavy atom. The molecule has 3 aromatic rings. The third-order valence-electron chi connectivity index (χ3n) is 3.20. The van der Waals surface area contributed by atoms with Gasteiger partial charge in [-0.15, -0.1) is 23.1 Å². The Kier molecular flexibility index (Phi) is 6.07. The molecular weight excluding hydrogens is 404 g/mol. The molecule has 0 unspecified atom stereocenters. The summed E-state index contributed by atoms with van der Waals surface area (Å²) in [6.07, 6.45) is 2.65. The Morgan fingerprint density at radius 1 is 1.12 bits per heavy atom. The van der Waals surface area contributed by atoms with E-state index < -0.39 is 0 Å². The number of nitrogens with one attached hydrogen (secondary N) is 1. The van der Waals surface area contributed by atoms with E-state index in [1.807, 2.05) is 48.7 Å². The first kappa shape index (κ1) is 17.2. The molecule has 3 rings (SSSR count). The molecule has 0 aliphatic rings. The number of carbonyl (C=O) groups excluding carboxylic acids is 1. The summed E-state index contributed by atoms with van der Waals surface area (Å²) >= 11 is 6.47. The third kappa shape index (κ3) is 5.19. The maximum Gasteiger partial charge on any atom is 0.236 e. The van der Waals surface area contributed by atoms with E-state index in [2.05, 4.69) is 38.4 Å². The Bertz CT molecular complexity index is 803. The number of thioether (sulfide) groups is 1. The largest absolute Gasteiger partial charge is 0.301 e. The van der Waals surface area contributed by atoms with Crippen LogP contribution in [0.5, 0.6) is 0 Å². The summed E-state index contributed by atoms with van der Waals surface area (Å²) in [6, 6.07) is 18.1. The molecule has 1 heterocycles. The molecule has 122 valence electrons. The van der Waals surface area contributed by atoms with Gasteiger partial charge in [0.25, 0.3) is 0 Å². The van der Waals surface area contributed by atoms with Crippen LogP contribution < -0.4 is 5.32 Å². The number of aromatic nitrogens is 1.